The van der Waals surface area contributed by atoms with Crippen molar-refractivity contribution in [2.75, 3.05) is 18.2 Å². The highest BCUT2D eigenvalue weighted by molar-refractivity contribution is 7.99. The molecular weight excluding hydrogens is 472 g/mol. The molecule has 0 radical (unpaired) electrons. The molecule has 2 aromatic heterocycles. The van der Waals surface area contributed by atoms with Gasteiger partial charge in [0.2, 0.25) is 5.91 Å². The standard InChI is InChI=1S/C24H28N4O4S2/c1-7-11-28-21(16(4)32-18-10-8-9-14(2)12-18)26-27-24(28)33-13-19(29)25-22-20(23(30)31-6)15(3)17(5)34-22/h7-10,12,16H,1,11,13H2,2-6H3,(H,25,29). The molecule has 0 saturated carbocycles. The summed E-state index contributed by atoms with van der Waals surface area (Å²) in [5, 5.41) is 12.5. The summed E-state index contributed by atoms with van der Waals surface area (Å²) in [5.41, 5.74) is 2.30. The highest BCUT2D eigenvalue weighted by atomic mass is 32.2. The van der Waals surface area contributed by atoms with Gasteiger partial charge in [0.05, 0.1) is 18.4 Å². The third kappa shape index (κ3) is 5.87. The van der Waals surface area contributed by atoms with Gasteiger partial charge in [-0.05, 0) is 51.0 Å². The molecule has 0 aliphatic heterocycles. The van der Waals surface area contributed by atoms with Gasteiger partial charge in [0.1, 0.15) is 10.8 Å². The van der Waals surface area contributed by atoms with Crippen molar-refractivity contribution in [1.82, 2.24) is 14.8 Å². The average molecular weight is 501 g/mol. The molecule has 34 heavy (non-hydrogen) atoms. The smallest absolute Gasteiger partial charge is 0.341 e. The van der Waals surface area contributed by atoms with E-state index in [-0.39, 0.29) is 17.8 Å². The Balaban J connectivity index is 1.71. The molecule has 1 unspecified atom stereocenters. The van der Waals surface area contributed by atoms with Crippen molar-refractivity contribution < 1.29 is 19.1 Å². The first-order valence-corrected chi connectivity index (χ1v) is 12.4. The van der Waals surface area contributed by atoms with Crippen LogP contribution in [-0.4, -0.2) is 39.5 Å². The van der Waals surface area contributed by atoms with Crippen LogP contribution >= 0.6 is 23.1 Å². The van der Waals surface area contributed by atoms with Crippen molar-refractivity contribution >= 4 is 40.0 Å². The van der Waals surface area contributed by atoms with Crippen LogP contribution in [0.2, 0.25) is 0 Å². The fourth-order valence-electron chi connectivity index (χ4n) is 3.31. The number of carbonyl (C=O) groups excluding carboxylic acids is 2. The number of carbonyl (C=O) groups is 2. The number of allylic oxidation sites excluding steroid dienone is 1. The number of hydrogen-bond donors (Lipinski definition) is 1. The third-order valence-corrected chi connectivity index (χ3v) is 7.17. The largest absolute Gasteiger partial charge is 0.483 e. The number of thioether (sulfide) groups is 1. The molecule has 0 fully saturated rings. The number of rotatable bonds is 10. The normalized spacial score (nSPS) is 11.7. The predicted molar refractivity (Wildman–Crippen MR) is 135 cm³/mol. The maximum absolute atomic E-state index is 12.7. The molecular formula is C24H28N4O4S2. The number of nitrogens with one attached hydrogen (secondary N) is 1. The van der Waals surface area contributed by atoms with Crippen molar-refractivity contribution in [3.05, 3.63) is 64.3 Å². The van der Waals surface area contributed by atoms with Gasteiger partial charge >= 0.3 is 5.97 Å². The number of amides is 1. The molecule has 0 aliphatic rings. The first-order chi connectivity index (χ1) is 16.2. The summed E-state index contributed by atoms with van der Waals surface area (Å²) in [5.74, 6) is 0.760. The van der Waals surface area contributed by atoms with E-state index >= 15 is 0 Å². The van der Waals surface area contributed by atoms with Gasteiger partial charge in [0, 0.05) is 11.4 Å². The van der Waals surface area contributed by atoms with Gasteiger partial charge in [-0.25, -0.2) is 4.79 Å². The van der Waals surface area contributed by atoms with Crippen LogP contribution in [0.5, 0.6) is 5.75 Å². The lowest BCUT2D eigenvalue weighted by molar-refractivity contribution is -0.113. The number of ether oxygens (including phenoxy) is 2. The lowest BCUT2D eigenvalue weighted by Crippen LogP contribution is -2.17. The van der Waals surface area contributed by atoms with Gasteiger partial charge in [0.25, 0.3) is 0 Å². The number of methoxy groups -OCH3 is 1. The fraction of sp³-hybridized carbons (Fsp3) is 0.333. The van der Waals surface area contributed by atoms with Crippen molar-refractivity contribution in [3.8, 4) is 5.75 Å². The molecule has 1 aromatic carbocycles. The second kappa shape index (κ2) is 11.3. The van der Waals surface area contributed by atoms with E-state index < -0.39 is 5.97 Å². The number of aryl methyl sites for hydroxylation is 2. The Hall–Kier alpha value is -3.11. The van der Waals surface area contributed by atoms with Gasteiger partial charge in [-0.3, -0.25) is 9.36 Å². The molecule has 10 heteroatoms. The number of anilines is 1. The maximum atomic E-state index is 12.7. The van der Waals surface area contributed by atoms with E-state index in [9.17, 15) is 9.59 Å². The van der Waals surface area contributed by atoms with E-state index in [1.807, 2.05) is 56.5 Å². The van der Waals surface area contributed by atoms with Crippen LogP contribution in [0, 0.1) is 20.8 Å². The number of benzene rings is 1. The molecule has 8 nitrogen and oxygen atoms in total. The van der Waals surface area contributed by atoms with Crippen LogP contribution in [0.4, 0.5) is 5.00 Å². The zero-order valence-corrected chi connectivity index (χ0v) is 21.5. The number of nitrogens with zero attached hydrogens (tertiary/aromatic N) is 3. The van der Waals surface area contributed by atoms with Gasteiger partial charge in [-0.2, -0.15) is 0 Å². The van der Waals surface area contributed by atoms with E-state index in [0.717, 1.165) is 21.8 Å². The summed E-state index contributed by atoms with van der Waals surface area (Å²) in [4.78, 5) is 25.8. The zero-order chi connectivity index (χ0) is 24.8. The molecule has 0 bridgehead atoms. The number of thiophene rings is 1. The van der Waals surface area contributed by atoms with Crippen molar-refractivity contribution in [2.45, 2.75) is 45.5 Å². The molecule has 0 aliphatic carbocycles. The van der Waals surface area contributed by atoms with Crippen LogP contribution < -0.4 is 10.1 Å². The Kier molecular flexibility index (Phi) is 8.51. The molecule has 180 valence electrons. The minimum Gasteiger partial charge on any atom is -0.483 e. The molecule has 0 saturated heterocycles. The van der Waals surface area contributed by atoms with Gasteiger partial charge in [0.15, 0.2) is 17.1 Å². The number of aromatic nitrogens is 3. The lowest BCUT2D eigenvalue weighted by Gasteiger charge is -2.16. The summed E-state index contributed by atoms with van der Waals surface area (Å²) in [6.07, 6.45) is 1.40. The van der Waals surface area contributed by atoms with E-state index in [4.69, 9.17) is 9.47 Å². The average Bonchev–Trinajstić information content (AvgIpc) is 3.32. The van der Waals surface area contributed by atoms with Gasteiger partial charge in [-0.1, -0.05) is 30.0 Å². The molecule has 1 atom stereocenters. The van der Waals surface area contributed by atoms with E-state index in [1.165, 1.54) is 30.2 Å². The van der Waals surface area contributed by atoms with Crippen molar-refractivity contribution in [2.24, 2.45) is 0 Å². The molecule has 2 heterocycles. The van der Waals surface area contributed by atoms with Crippen LogP contribution in [0.3, 0.4) is 0 Å². The first-order valence-electron chi connectivity index (χ1n) is 10.6. The number of esters is 1. The first kappa shape index (κ1) is 25.5. The van der Waals surface area contributed by atoms with E-state index in [1.54, 1.807) is 6.08 Å². The predicted octanol–water partition coefficient (Wildman–Crippen LogP) is 5.11. The summed E-state index contributed by atoms with van der Waals surface area (Å²) >= 11 is 2.61. The second-order valence-corrected chi connectivity index (χ2v) is 9.80. The van der Waals surface area contributed by atoms with Crippen molar-refractivity contribution in [3.63, 3.8) is 0 Å². The highest BCUT2D eigenvalue weighted by Gasteiger charge is 2.23. The summed E-state index contributed by atoms with van der Waals surface area (Å²) in [6, 6.07) is 7.80. The topological polar surface area (TPSA) is 95.3 Å². The third-order valence-electron chi connectivity index (χ3n) is 5.08. The van der Waals surface area contributed by atoms with Crippen molar-refractivity contribution in [1.29, 1.82) is 0 Å². The van der Waals surface area contributed by atoms with Crippen LogP contribution in [0.15, 0.2) is 42.1 Å². The second-order valence-electron chi connectivity index (χ2n) is 7.63. The Morgan fingerprint density at radius 1 is 1.29 bits per heavy atom. The van der Waals surface area contributed by atoms with Gasteiger partial charge < -0.3 is 14.8 Å². The lowest BCUT2D eigenvalue weighted by atomic mass is 10.1. The molecule has 3 aromatic rings. The Morgan fingerprint density at radius 3 is 2.74 bits per heavy atom. The number of hydrogen-bond acceptors (Lipinski definition) is 8. The maximum Gasteiger partial charge on any atom is 0.341 e. The Labute approximate surface area is 207 Å². The summed E-state index contributed by atoms with van der Waals surface area (Å²) in [7, 11) is 1.32. The summed E-state index contributed by atoms with van der Waals surface area (Å²) < 4.78 is 12.8. The molecule has 3 rings (SSSR count). The molecule has 1 N–H and O–H groups in total. The van der Waals surface area contributed by atoms with Crippen LogP contribution in [0.1, 0.15) is 45.2 Å². The monoisotopic (exact) mass is 500 g/mol. The quantitative estimate of drug-likeness (QED) is 0.235. The Morgan fingerprint density at radius 2 is 2.06 bits per heavy atom. The fourth-order valence-corrected chi connectivity index (χ4v) is 5.13. The molecule has 0 spiro atoms. The van der Waals surface area contributed by atoms with E-state index in [2.05, 4.69) is 22.1 Å². The summed E-state index contributed by atoms with van der Waals surface area (Å²) in [6.45, 7) is 11.9. The van der Waals surface area contributed by atoms with Crippen LogP contribution in [0.25, 0.3) is 0 Å². The minimum atomic E-state index is -0.470. The zero-order valence-electron chi connectivity index (χ0n) is 19.9. The van der Waals surface area contributed by atoms with E-state index in [0.29, 0.717) is 28.1 Å². The van der Waals surface area contributed by atoms with Crippen LogP contribution in [-0.2, 0) is 16.1 Å². The minimum absolute atomic E-state index is 0.0962. The Bertz CT molecular complexity index is 1200. The molecule has 1 amide bonds. The highest BCUT2D eigenvalue weighted by Crippen LogP contribution is 2.33. The SMILES string of the molecule is C=CCn1c(SCC(=O)Nc2sc(C)c(C)c2C(=O)OC)nnc1C(C)Oc1cccc(C)c1. The van der Waals surface area contributed by atoms with Gasteiger partial charge in [-0.15, -0.1) is 28.1 Å².